The lowest BCUT2D eigenvalue weighted by molar-refractivity contribution is -0.385. The summed E-state index contributed by atoms with van der Waals surface area (Å²) in [6.07, 6.45) is 1.70. The van der Waals surface area contributed by atoms with Gasteiger partial charge in [0.15, 0.2) is 17.2 Å². The lowest BCUT2D eigenvalue weighted by Crippen LogP contribution is -2.07. The molecule has 0 saturated carbocycles. The minimum atomic E-state index is -0.686. The molecule has 1 heterocycles. The first-order chi connectivity index (χ1) is 14.3. The van der Waals surface area contributed by atoms with E-state index in [4.69, 9.17) is 14.2 Å². The van der Waals surface area contributed by atoms with Crippen LogP contribution in [0.25, 0.3) is 6.08 Å². The van der Waals surface area contributed by atoms with Crippen molar-refractivity contribution in [3.05, 3.63) is 68.9 Å². The third-order valence-corrected chi connectivity index (χ3v) is 4.28. The van der Waals surface area contributed by atoms with E-state index in [1.54, 1.807) is 44.2 Å². The Morgan fingerprint density at radius 2 is 2.00 bits per heavy atom. The zero-order chi connectivity index (χ0) is 21.8. The highest BCUT2D eigenvalue weighted by molar-refractivity contribution is 6.13. The van der Waals surface area contributed by atoms with Crippen molar-refractivity contribution < 1.29 is 28.7 Å². The first-order valence-corrected chi connectivity index (χ1v) is 8.99. The summed E-state index contributed by atoms with van der Waals surface area (Å²) in [7, 11) is 1.43. The lowest BCUT2D eigenvalue weighted by atomic mass is 10.1. The van der Waals surface area contributed by atoms with Crippen LogP contribution < -0.4 is 9.47 Å². The van der Waals surface area contributed by atoms with E-state index in [1.165, 1.54) is 19.3 Å². The fourth-order valence-corrected chi connectivity index (χ4v) is 2.68. The molecule has 0 radical (unpaired) electrons. The highest BCUT2D eigenvalue weighted by Crippen LogP contribution is 2.30. The Morgan fingerprint density at radius 3 is 2.67 bits per heavy atom. The number of hydrogen-bond acceptors (Lipinski definition) is 8. The Labute approximate surface area is 171 Å². The number of hydrogen-bond donors (Lipinski definition) is 0. The Bertz CT molecular complexity index is 1100. The van der Waals surface area contributed by atoms with Gasteiger partial charge in [-0.3, -0.25) is 14.9 Å². The molecule has 0 atom stereocenters. The zero-order valence-electron chi connectivity index (χ0n) is 16.5. The summed E-state index contributed by atoms with van der Waals surface area (Å²) in [4.78, 5) is 38.5. The molecule has 0 aliphatic carbocycles. The van der Waals surface area contributed by atoms with Crippen LogP contribution in [-0.2, 0) is 14.3 Å². The molecule has 0 spiro atoms. The molecule has 0 unspecified atom stereocenters. The monoisotopic (exact) mass is 410 g/mol. The lowest BCUT2D eigenvalue weighted by Gasteiger charge is -2.09. The molecule has 9 heteroatoms. The molecule has 2 aromatic rings. The van der Waals surface area contributed by atoms with Gasteiger partial charge in [-0.05, 0) is 36.8 Å². The van der Waals surface area contributed by atoms with Crippen molar-refractivity contribution in [2.75, 3.05) is 7.11 Å². The fourth-order valence-electron chi connectivity index (χ4n) is 2.68. The second-order valence-corrected chi connectivity index (χ2v) is 6.33. The number of nitro benzene ring substituents is 1. The van der Waals surface area contributed by atoms with Gasteiger partial charge >= 0.3 is 11.9 Å². The second-order valence-electron chi connectivity index (χ2n) is 6.33. The molecular formula is C21H18N2O7. The van der Waals surface area contributed by atoms with E-state index in [2.05, 4.69) is 4.99 Å². The van der Waals surface area contributed by atoms with Gasteiger partial charge in [0.1, 0.15) is 0 Å². The number of nitrogens with zero attached hydrogens (tertiary/aromatic N) is 2. The summed E-state index contributed by atoms with van der Waals surface area (Å²) in [5, 5.41) is 11.1. The van der Waals surface area contributed by atoms with Crippen LogP contribution >= 0.6 is 0 Å². The molecule has 30 heavy (non-hydrogen) atoms. The number of aliphatic imine (C=N–C) groups is 1. The van der Waals surface area contributed by atoms with Gasteiger partial charge in [0.2, 0.25) is 5.90 Å². The minimum Gasteiger partial charge on any atom is -0.493 e. The van der Waals surface area contributed by atoms with Crippen LogP contribution in [0.4, 0.5) is 5.69 Å². The molecule has 0 fully saturated rings. The Hall–Kier alpha value is -4.01. The van der Waals surface area contributed by atoms with Crippen LogP contribution in [0.15, 0.2) is 47.1 Å². The topological polar surface area (TPSA) is 117 Å². The number of nitro groups is 1. The van der Waals surface area contributed by atoms with Crippen molar-refractivity contribution in [3.63, 3.8) is 0 Å². The van der Waals surface area contributed by atoms with Gasteiger partial charge in [0, 0.05) is 23.6 Å². The summed E-state index contributed by atoms with van der Waals surface area (Å²) < 4.78 is 15.6. The SMILES string of the molecule is CCC(=O)Oc1ccc(/C=C2\N=C(c3ccc(C)c([N+](=O)[O-])c3)OC2=O)cc1OC. The normalized spacial score (nSPS) is 14.3. The van der Waals surface area contributed by atoms with Crippen molar-refractivity contribution in [2.24, 2.45) is 4.99 Å². The van der Waals surface area contributed by atoms with Crippen LogP contribution in [0.1, 0.15) is 30.0 Å². The highest BCUT2D eigenvalue weighted by atomic mass is 16.6. The van der Waals surface area contributed by atoms with Crippen LogP contribution in [0.5, 0.6) is 11.5 Å². The number of cyclic esters (lactones) is 1. The summed E-state index contributed by atoms with van der Waals surface area (Å²) >= 11 is 0. The number of carbonyl (C=O) groups is 2. The average Bonchev–Trinajstić information content (AvgIpc) is 3.09. The minimum absolute atomic E-state index is 0.0187. The molecule has 1 aliphatic rings. The standard InChI is InChI=1S/C21H18N2O7/c1-4-19(24)29-17-8-6-13(10-18(17)28-3)9-15-21(25)30-20(22-15)14-7-5-12(2)16(11-14)23(26)27/h5-11H,4H2,1-3H3/b15-9-. The van der Waals surface area contributed by atoms with E-state index in [-0.39, 0.29) is 29.5 Å². The van der Waals surface area contributed by atoms with Crippen LogP contribution in [0.2, 0.25) is 0 Å². The molecule has 9 nitrogen and oxygen atoms in total. The maximum atomic E-state index is 12.2. The van der Waals surface area contributed by atoms with Crippen LogP contribution in [0.3, 0.4) is 0 Å². The van der Waals surface area contributed by atoms with E-state index < -0.39 is 16.9 Å². The average molecular weight is 410 g/mol. The largest absolute Gasteiger partial charge is 0.493 e. The van der Waals surface area contributed by atoms with Crippen molar-refractivity contribution in [1.29, 1.82) is 0 Å². The molecule has 154 valence electrons. The van der Waals surface area contributed by atoms with Gasteiger partial charge in [0.05, 0.1) is 12.0 Å². The maximum absolute atomic E-state index is 12.2. The molecule has 0 saturated heterocycles. The summed E-state index contributed by atoms with van der Waals surface area (Å²) in [5.41, 5.74) is 1.30. The first kappa shape index (κ1) is 20.7. The van der Waals surface area contributed by atoms with Gasteiger partial charge in [-0.25, -0.2) is 9.79 Å². The first-order valence-electron chi connectivity index (χ1n) is 8.99. The third-order valence-electron chi connectivity index (χ3n) is 4.28. The van der Waals surface area contributed by atoms with Crippen molar-refractivity contribution in [1.82, 2.24) is 0 Å². The Kier molecular flexibility index (Phi) is 5.91. The summed E-state index contributed by atoms with van der Waals surface area (Å²) in [6.45, 7) is 3.29. The summed E-state index contributed by atoms with van der Waals surface area (Å²) in [5.74, 6) is -0.531. The number of rotatable bonds is 6. The third kappa shape index (κ3) is 4.35. The number of aryl methyl sites for hydroxylation is 1. The van der Waals surface area contributed by atoms with Crippen molar-refractivity contribution in [2.45, 2.75) is 20.3 Å². The predicted molar refractivity (Wildman–Crippen MR) is 107 cm³/mol. The molecule has 3 rings (SSSR count). The number of benzene rings is 2. The van der Waals surface area contributed by atoms with Gasteiger partial charge in [0.25, 0.3) is 5.69 Å². The maximum Gasteiger partial charge on any atom is 0.363 e. The molecule has 0 bridgehead atoms. The van der Waals surface area contributed by atoms with Crippen molar-refractivity contribution in [3.8, 4) is 11.5 Å². The predicted octanol–water partition coefficient (Wildman–Crippen LogP) is 3.57. The molecular weight excluding hydrogens is 392 g/mol. The summed E-state index contributed by atoms with van der Waals surface area (Å²) in [6, 6.07) is 9.23. The van der Waals surface area contributed by atoms with Crippen LogP contribution in [0, 0.1) is 17.0 Å². The van der Waals surface area contributed by atoms with E-state index in [0.717, 1.165) is 0 Å². The molecule has 0 amide bonds. The van der Waals surface area contributed by atoms with Crippen LogP contribution in [-0.4, -0.2) is 29.9 Å². The highest BCUT2D eigenvalue weighted by Gasteiger charge is 2.26. The Balaban J connectivity index is 1.92. The zero-order valence-corrected chi connectivity index (χ0v) is 16.5. The molecule has 1 aliphatic heterocycles. The molecule has 0 N–H and O–H groups in total. The number of esters is 2. The van der Waals surface area contributed by atoms with E-state index in [1.807, 2.05) is 0 Å². The van der Waals surface area contributed by atoms with Gasteiger partial charge in [-0.15, -0.1) is 0 Å². The molecule has 2 aromatic carbocycles. The van der Waals surface area contributed by atoms with Gasteiger partial charge in [-0.1, -0.05) is 19.1 Å². The second kappa shape index (κ2) is 8.56. The smallest absolute Gasteiger partial charge is 0.363 e. The number of methoxy groups -OCH3 is 1. The number of carbonyl (C=O) groups excluding carboxylic acids is 2. The van der Waals surface area contributed by atoms with Gasteiger partial charge in [-0.2, -0.15) is 0 Å². The van der Waals surface area contributed by atoms with E-state index in [0.29, 0.717) is 22.4 Å². The van der Waals surface area contributed by atoms with E-state index >= 15 is 0 Å². The molecule has 0 aromatic heterocycles. The van der Waals surface area contributed by atoms with E-state index in [9.17, 15) is 19.7 Å². The van der Waals surface area contributed by atoms with Gasteiger partial charge < -0.3 is 14.2 Å². The quantitative estimate of drug-likeness (QED) is 0.235. The fraction of sp³-hybridized carbons (Fsp3) is 0.190. The Morgan fingerprint density at radius 1 is 1.23 bits per heavy atom. The number of ether oxygens (including phenoxy) is 3. The van der Waals surface area contributed by atoms with Crippen molar-refractivity contribution >= 4 is 29.6 Å².